The van der Waals surface area contributed by atoms with Crippen LogP contribution in [0.3, 0.4) is 0 Å². The first-order valence-electron chi connectivity index (χ1n) is 5.75. The van der Waals surface area contributed by atoms with Crippen molar-refractivity contribution in [2.45, 2.75) is 19.5 Å². The topological polar surface area (TPSA) is 24.9 Å². The molecule has 1 N–H and O–H groups in total. The summed E-state index contributed by atoms with van der Waals surface area (Å²) in [7, 11) is 0. The molecule has 2 rings (SSSR count). The zero-order valence-corrected chi connectivity index (χ0v) is 12.4. The fourth-order valence-electron chi connectivity index (χ4n) is 1.66. The van der Waals surface area contributed by atoms with Crippen molar-refractivity contribution in [1.82, 2.24) is 10.3 Å². The van der Waals surface area contributed by atoms with Crippen LogP contribution in [0.25, 0.3) is 0 Å². The lowest BCUT2D eigenvalue weighted by Crippen LogP contribution is -2.19. The van der Waals surface area contributed by atoms with Crippen LogP contribution in [-0.2, 0) is 6.54 Å². The van der Waals surface area contributed by atoms with E-state index in [1.165, 1.54) is 0 Å². The summed E-state index contributed by atoms with van der Waals surface area (Å²) in [6.45, 7) is 2.82. The first kappa shape index (κ1) is 13.5. The first-order chi connectivity index (χ1) is 8.66. The van der Waals surface area contributed by atoms with Gasteiger partial charge in [-0.3, -0.25) is 4.98 Å². The molecule has 0 saturated carbocycles. The standard InChI is InChI=1S/C14H14BrClN2/c1-10(14-4-2-3-7-17-14)18-9-11-5-6-12(15)8-13(11)16/h2-8,10,18H,9H2,1H3. The van der Waals surface area contributed by atoms with E-state index >= 15 is 0 Å². The molecular weight excluding hydrogens is 312 g/mol. The maximum atomic E-state index is 6.17. The Bertz CT molecular complexity index is 516. The normalized spacial score (nSPS) is 12.4. The van der Waals surface area contributed by atoms with Crippen molar-refractivity contribution in [3.63, 3.8) is 0 Å². The van der Waals surface area contributed by atoms with Gasteiger partial charge in [0.15, 0.2) is 0 Å². The van der Waals surface area contributed by atoms with Crippen LogP contribution in [-0.4, -0.2) is 4.98 Å². The molecular formula is C14H14BrClN2. The molecule has 0 aliphatic heterocycles. The summed E-state index contributed by atoms with van der Waals surface area (Å²) in [4.78, 5) is 4.32. The molecule has 94 valence electrons. The van der Waals surface area contributed by atoms with Crippen molar-refractivity contribution in [3.8, 4) is 0 Å². The number of halogens is 2. The van der Waals surface area contributed by atoms with Crippen molar-refractivity contribution in [1.29, 1.82) is 0 Å². The summed E-state index contributed by atoms with van der Waals surface area (Å²) in [5.41, 5.74) is 2.12. The number of pyridine rings is 1. The van der Waals surface area contributed by atoms with Gasteiger partial charge in [0, 0.05) is 28.3 Å². The van der Waals surface area contributed by atoms with Gasteiger partial charge in [0.1, 0.15) is 0 Å². The van der Waals surface area contributed by atoms with E-state index in [-0.39, 0.29) is 6.04 Å². The Morgan fingerprint density at radius 3 is 2.83 bits per heavy atom. The fourth-order valence-corrected chi connectivity index (χ4v) is 2.41. The van der Waals surface area contributed by atoms with Crippen LogP contribution in [0.4, 0.5) is 0 Å². The average molecular weight is 326 g/mol. The Morgan fingerprint density at radius 2 is 2.17 bits per heavy atom. The zero-order valence-electron chi connectivity index (χ0n) is 10.0. The lowest BCUT2D eigenvalue weighted by atomic mass is 10.2. The molecule has 1 heterocycles. The lowest BCUT2D eigenvalue weighted by Gasteiger charge is -2.14. The van der Waals surface area contributed by atoms with Crippen molar-refractivity contribution in [2.75, 3.05) is 0 Å². The number of rotatable bonds is 4. The van der Waals surface area contributed by atoms with Crippen molar-refractivity contribution >= 4 is 27.5 Å². The second-order valence-corrected chi connectivity index (χ2v) is 5.42. The number of aromatic nitrogens is 1. The second kappa shape index (κ2) is 6.32. The second-order valence-electron chi connectivity index (χ2n) is 4.09. The SMILES string of the molecule is CC(NCc1ccc(Br)cc1Cl)c1ccccn1. The van der Waals surface area contributed by atoms with Gasteiger partial charge in [-0.25, -0.2) is 0 Å². The van der Waals surface area contributed by atoms with Crippen molar-refractivity contribution in [3.05, 3.63) is 63.3 Å². The highest BCUT2D eigenvalue weighted by atomic mass is 79.9. The quantitative estimate of drug-likeness (QED) is 0.904. The Morgan fingerprint density at radius 1 is 1.33 bits per heavy atom. The van der Waals surface area contributed by atoms with Gasteiger partial charge in [0.2, 0.25) is 0 Å². The minimum atomic E-state index is 0.200. The minimum Gasteiger partial charge on any atom is -0.305 e. The van der Waals surface area contributed by atoms with Gasteiger partial charge in [-0.2, -0.15) is 0 Å². The zero-order chi connectivity index (χ0) is 13.0. The van der Waals surface area contributed by atoms with Gasteiger partial charge in [0.05, 0.1) is 5.69 Å². The van der Waals surface area contributed by atoms with Crippen LogP contribution in [0, 0.1) is 0 Å². The molecule has 18 heavy (non-hydrogen) atoms. The maximum Gasteiger partial charge on any atom is 0.0570 e. The maximum absolute atomic E-state index is 6.17. The van der Waals surface area contributed by atoms with Gasteiger partial charge >= 0.3 is 0 Å². The van der Waals surface area contributed by atoms with Crippen LogP contribution in [0.1, 0.15) is 24.2 Å². The molecule has 0 spiro atoms. The van der Waals surface area contributed by atoms with Gasteiger partial charge in [-0.15, -0.1) is 0 Å². The van der Waals surface area contributed by atoms with E-state index in [0.717, 1.165) is 27.3 Å². The molecule has 0 bridgehead atoms. The molecule has 2 nitrogen and oxygen atoms in total. The summed E-state index contributed by atoms with van der Waals surface area (Å²) in [6.07, 6.45) is 1.81. The molecule has 0 amide bonds. The van der Waals surface area contributed by atoms with Crippen LogP contribution in [0.5, 0.6) is 0 Å². The fraction of sp³-hybridized carbons (Fsp3) is 0.214. The van der Waals surface area contributed by atoms with Crippen LogP contribution < -0.4 is 5.32 Å². The summed E-state index contributed by atoms with van der Waals surface area (Å²) in [6, 6.07) is 12.0. The Hall–Kier alpha value is -0.900. The first-order valence-corrected chi connectivity index (χ1v) is 6.92. The largest absolute Gasteiger partial charge is 0.305 e. The third-order valence-corrected chi connectivity index (χ3v) is 3.59. The van der Waals surface area contributed by atoms with Gasteiger partial charge in [-0.1, -0.05) is 39.7 Å². The molecule has 1 atom stereocenters. The molecule has 0 aliphatic rings. The molecule has 0 saturated heterocycles. The molecule has 0 fully saturated rings. The smallest absolute Gasteiger partial charge is 0.0570 e. The summed E-state index contributed by atoms with van der Waals surface area (Å²) in [5.74, 6) is 0. The highest BCUT2D eigenvalue weighted by molar-refractivity contribution is 9.10. The third-order valence-electron chi connectivity index (χ3n) is 2.75. The number of hydrogen-bond donors (Lipinski definition) is 1. The number of nitrogens with zero attached hydrogens (tertiary/aromatic N) is 1. The van der Waals surface area contributed by atoms with E-state index in [4.69, 9.17) is 11.6 Å². The van der Waals surface area contributed by atoms with Crippen LogP contribution >= 0.6 is 27.5 Å². The minimum absolute atomic E-state index is 0.200. The highest BCUT2D eigenvalue weighted by Gasteiger charge is 2.07. The third kappa shape index (κ3) is 3.55. The van der Waals surface area contributed by atoms with E-state index < -0.39 is 0 Å². The van der Waals surface area contributed by atoms with E-state index in [9.17, 15) is 0 Å². The van der Waals surface area contributed by atoms with Gasteiger partial charge < -0.3 is 5.32 Å². The Labute approximate surface area is 121 Å². The lowest BCUT2D eigenvalue weighted by molar-refractivity contribution is 0.561. The molecule has 2 aromatic rings. The Balaban J connectivity index is 1.99. The van der Waals surface area contributed by atoms with Gasteiger partial charge in [-0.05, 0) is 36.8 Å². The van der Waals surface area contributed by atoms with E-state index in [2.05, 4.69) is 33.2 Å². The van der Waals surface area contributed by atoms with E-state index in [1.54, 1.807) is 6.20 Å². The van der Waals surface area contributed by atoms with Crippen molar-refractivity contribution < 1.29 is 0 Å². The summed E-state index contributed by atoms with van der Waals surface area (Å²) in [5, 5.41) is 4.18. The predicted molar refractivity (Wildman–Crippen MR) is 78.6 cm³/mol. The van der Waals surface area contributed by atoms with E-state index in [0.29, 0.717) is 0 Å². The molecule has 1 aromatic carbocycles. The molecule has 4 heteroatoms. The number of benzene rings is 1. The highest BCUT2D eigenvalue weighted by Crippen LogP contribution is 2.22. The van der Waals surface area contributed by atoms with E-state index in [1.807, 2.05) is 36.4 Å². The van der Waals surface area contributed by atoms with Crippen LogP contribution in [0.2, 0.25) is 5.02 Å². The Kier molecular flexibility index (Phi) is 4.75. The number of nitrogens with one attached hydrogen (secondary N) is 1. The van der Waals surface area contributed by atoms with Gasteiger partial charge in [0.25, 0.3) is 0 Å². The monoisotopic (exact) mass is 324 g/mol. The summed E-state index contributed by atoms with van der Waals surface area (Å²) >= 11 is 9.57. The van der Waals surface area contributed by atoms with Crippen LogP contribution in [0.15, 0.2) is 47.1 Å². The predicted octanol–water partition coefficient (Wildman–Crippen LogP) is 4.35. The average Bonchev–Trinajstić information content (AvgIpc) is 2.38. The van der Waals surface area contributed by atoms with Crippen molar-refractivity contribution in [2.24, 2.45) is 0 Å². The molecule has 0 radical (unpaired) electrons. The molecule has 1 aromatic heterocycles. The molecule has 0 aliphatic carbocycles. The summed E-state index contributed by atoms with van der Waals surface area (Å²) < 4.78 is 0.994. The number of hydrogen-bond acceptors (Lipinski definition) is 2. The molecule has 1 unspecified atom stereocenters.